The van der Waals surface area contributed by atoms with Crippen molar-refractivity contribution in [2.24, 2.45) is 0 Å². The van der Waals surface area contributed by atoms with Crippen molar-refractivity contribution in [3.05, 3.63) is 145 Å². The molecule has 0 heterocycles. The Hall–Kier alpha value is -4.94. The Bertz CT molecular complexity index is 3360. The zero-order valence-corrected chi connectivity index (χ0v) is 19.1. The fourth-order valence-corrected chi connectivity index (χ4v) is 4.58. The molecule has 8 aromatic carbocycles. The third kappa shape index (κ3) is 3.17. The first-order valence-corrected chi connectivity index (χ1v) is 11.3. The van der Waals surface area contributed by atoms with Gasteiger partial charge in [-0.15, -0.1) is 0 Å². The maximum atomic E-state index is 9.66. The molecule has 0 aliphatic carbocycles. The van der Waals surface area contributed by atoms with E-state index in [2.05, 4.69) is 0 Å². The second-order valence-corrected chi connectivity index (χ2v) is 8.31. The van der Waals surface area contributed by atoms with Crippen LogP contribution in [0.5, 0.6) is 0 Å². The molecule has 0 unspecified atom stereocenters. The van der Waals surface area contributed by atoms with Crippen LogP contribution in [0.3, 0.4) is 0 Å². The van der Waals surface area contributed by atoms with E-state index < -0.39 is 194 Å². The van der Waals surface area contributed by atoms with Crippen LogP contribution >= 0.6 is 0 Å². The van der Waals surface area contributed by atoms with Gasteiger partial charge in [0.1, 0.15) is 0 Å². The number of rotatable bonds is 3. The normalized spacial score (nSPS) is 20.2. The fourth-order valence-electron chi connectivity index (χ4n) is 4.58. The lowest BCUT2D eigenvalue weighted by Gasteiger charge is -2.16. The SMILES string of the molecule is [2H]c1cc([2H])c(-c2c([2H])c([2H])c([2H])c3c([2H])c([2H])c([2H])c([2H])c23)c(-c2c([2H])c([2H])c([2H])c(-c3c([2H])c([2H])c4c([2H])c([2H])c5c([2H])c([2H])c([2H])c6c([2H])c([2H])c3c4c56)c2[2H])c1[2H]. The molecule has 0 heteroatoms. The zero-order valence-electron chi connectivity index (χ0n) is 42.1. The molecule has 38 heavy (non-hydrogen) atoms. The Kier molecular flexibility index (Phi) is 1.87. The molecule has 0 radical (unpaired) electrons. The molecular weight excluding hydrogens is 456 g/mol. The van der Waals surface area contributed by atoms with E-state index in [1.807, 2.05) is 0 Å². The first-order valence-electron chi connectivity index (χ1n) is 22.8. The molecular formula is C38H24. The van der Waals surface area contributed by atoms with Gasteiger partial charge in [-0.25, -0.2) is 0 Å². The summed E-state index contributed by atoms with van der Waals surface area (Å²) >= 11 is 0. The average molecular weight is 504 g/mol. The van der Waals surface area contributed by atoms with E-state index >= 15 is 0 Å². The lowest BCUT2D eigenvalue weighted by Crippen LogP contribution is -1.89. The maximum absolute atomic E-state index is 9.66. The third-order valence-electron chi connectivity index (χ3n) is 6.24. The average Bonchev–Trinajstić information content (AvgIpc) is 3.21. The molecule has 0 nitrogen and oxygen atoms in total. The minimum atomic E-state index is -0.988. The van der Waals surface area contributed by atoms with Gasteiger partial charge in [0.05, 0.1) is 31.5 Å². The lowest BCUT2D eigenvalue weighted by molar-refractivity contribution is 1.59. The monoisotopic (exact) mass is 503 g/mol. The van der Waals surface area contributed by atoms with Gasteiger partial charge in [-0.05, 0) is 82.5 Å². The quantitative estimate of drug-likeness (QED) is 0.210. The van der Waals surface area contributed by atoms with Gasteiger partial charge in [-0.1, -0.05) is 139 Å². The van der Waals surface area contributed by atoms with Gasteiger partial charge in [0.2, 0.25) is 0 Å². The second kappa shape index (κ2) is 8.30. The standard InChI is InChI=1S/C38H24/c1-2-14-31-25(8-1)9-7-17-35(31)34-16-4-3-15-32(34)29-12-6-13-30(24-29)33-22-20-28-19-18-26-10-5-11-27-21-23-36(33)38(28)37(26)27/h1-24H/i1D,2D,3D,5D,6D,7D,8D,9D,10D,11D,12D,13D,14D,15D,16D,17D,18D,19D,20D,21D,22D,23D,24D. The first-order chi connectivity index (χ1) is 28.4. The van der Waals surface area contributed by atoms with Crippen LogP contribution < -0.4 is 0 Å². The van der Waals surface area contributed by atoms with E-state index in [0.717, 1.165) is 6.07 Å². The van der Waals surface area contributed by atoms with E-state index in [9.17, 15) is 4.11 Å². The molecule has 0 N–H and O–H groups in total. The molecule has 0 aliphatic heterocycles. The van der Waals surface area contributed by atoms with Gasteiger partial charge in [-0.2, -0.15) is 0 Å². The number of hydrogen-bond acceptors (Lipinski definition) is 0. The highest BCUT2D eigenvalue weighted by atomic mass is 14.2. The zero-order chi connectivity index (χ0) is 45.1. The minimum Gasteiger partial charge on any atom is -0.0616 e. The van der Waals surface area contributed by atoms with Crippen LogP contribution in [0.2, 0.25) is 0 Å². The predicted molar refractivity (Wildman–Crippen MR) is 164 cm³/mol. The van der Waals surface area contributed by atoms with Crippen LogP contribution in [-0.2, 0) is 0 Å². The summed E-state index contributed by atoms with van der Waals surface area (Å²) in [6.45, 7) is 0. The van der Waals surface area contributed by atoms with Crippen molar-refractivity contribution in [1.82, 2.24) is 0 Å². The van der Waals surface area contributed by atoms with Crippen LogP contribution in [-0.4, -0.2) is 0 Å². The highest BCUT2D eigenvalue weighted by Gasteiger charge is 2.14. The van der Waals surface area contributed by atoms with Crippen molar-refractivity contribution in [2.75, 3.05) is 0 Å². The van der Waals surface area contributed by atoms with Crippen LogP contribution in [0, 0.1) is 0 Å². The lowest BCUT2D eigenvalue weighted by atomic mass is 9.88. The fraction of sp³-hybridized carbons (Fsp3) is 0. The molecule has 0 spiro atoms. The van der Waals surface area contributed by atoms with Crippen molar-refractivity contribution in [3.8, 4) is 33.4 Å². The Morgan fingerprint density at radius 3 is 1.87 bits per heavy atom. The number of hydrogen-bond donors (Lipinski definition) is 0. The molecule has 176 valence electrons. The van der Waals surface area contributed by atoms with Gasteiger partial charge in [0, 0.05) is 0 Å². The van der Waals surface area contributed by atoms with E-state index in [0.29, 0.717) is 0 Å². The Balaban J connectivity index is 1.63. The van der Waals surface area contributed by atoms with E-state index in [1.54, 1.807) is 0 Å². The van der Waals surface area contributed by atoms with Crippen LogP contribution in [0.25, 0.3) is 76.5 Å². The summed E-state index contributed by atoms with van der Waals surface area (Å²) in [5, 5.41) is -3.25. The van der Waals surface area contributed by atoms with E-state index in [4.69, 9.17) is 27.4 Å². The summed E-state index contributed by atoms with van der Waals surface area (Å²) in [6, 6.07) is -17.6. The molecule has 0 saturated heterocycles. The number of benzene rings is 8. The molecule has 0 aliphatic rings. The molecule has 0 bridgehead atoms. The summed E-state index contributed by atoms with van der Waals surface area (Å²) in [5.74, 6) is 0. The summed E-state index contributed by atoms with van der Waals surface area (Å²) in [5.41, 5.74) is -4.10. The van der Waals surface area contributed by atoms with Crippen molar-refractivity contribution < 1.29 is 31.5 Å². The molecule has 0 atom stereocenters. The summed E-state index contributed by atoms with van der Waals surface area (Å²) < 4.78 is 204. The first kappa shape index (κ1) is 8.55. The van der Waals surface area contributed by atoms with Crippen molar-refractivity contribution in [1.29, 1.82) is 0 Å². The van der Waals surface area contributed by atoms with Gasteiger partial charge >= 0.3 is 0 Å². The van der Waals surface area contributed by atoms with Crippen molar-refractivity contribution in [2.45, 2.75) is 0 Å². The van der Waals surface area contributed by atoms with E-state index in [-0.39, 0.29) is 21.5 Å². The van der Waals surface area contributed by atoms with Crippen LogP contribution in [0.15, 0.2) is 145 Å². The Morgan fingerprint density at radius 2 is 0.974 bits per heavy atom. The summed E-state index contributed by atoms with van der Waals surface area (Å²) in [6.07, 6.45) is 0. The van der Waals surface area contributed by atoms with Gasteiger partial charge in [0.15, 0.2) is 0 Å². The minimum absolute atomic E-state index is 0.241. The van der Waals surface area contributed by atoms with Crippen LogP contribution in [0.4, 0.5) is 0 Å². The van der Waals surface area contributed by atoms with Gasteiger partial charge in [-0.3, -0.25) is 0 Å². The van der Waals surface area contributed by atoms with Crippen molar-refractivity contribution >= 4 is 43.1 Å². The smallest absolute Gasteiger partial charge is 0.0616 e. The van der Waals surface area contributed by atoms with Crippen molar-refractivity contribution in [3.63, 3.8) is 0 Å². The summed E-state index contributed by atoms with van der Waals surface area (Å²) in [7, 11) is 0. The summed E-state index contributed by atoms with van der Waals surface area (Å²) in [4.78, 5) is 0. The molecule has 8 rings (SSSR count). The second-order valence-electron chi connectivity index (χ2n) is 8.31. The molecule has 8 aromatic rings. The predicted octanol–water partition coefficient (Wildman–Crippen LogP) is 10.7. The molecule has 0 saturated carbocycles. The highest BCUT2D eigenvalue weighted by Crippen LogP contribution is 2.41. The molecule has 0 fully saturated rings. The third-order valence-corrected chi connectivity index (χ3v) is 6.24. The maximum Gasteiger partial charge on any atom is 0.0636 e. The Morgan fingerprint density at radius 1 is 0.342 bits per heavy atom. The topological polar surface area (TPSA) is 0 Å². The highest BCUT2D eigenvalue weighted by molar-refractivity contribution is 6.25. The Labute approximate surface area is 254 Å². The van der Waals surface area contributed by atoms with E-state index in [1.165, 1.54) is 0 Å². The van der Waals surface area contributed by atoms with Gasteiger partial charge in [0.25, 0.3) is 0 Å². The largest absolute Gasteiger partial charge is 0.0636 e. The number of fused-ring (bicyclic) bond motifs is 1. The van der Waals surface area contributed by atoms with Crippen LogP contribution in [0.1, 0.15) is 31.5 Å². The molecule has 0 amide bonds. The molecule has 0 aromatic heterocycles. The van der Waals surface area contributed by atoms with Gasteiger partial charge < -0.3 is 0 Å².